The van der Waals surface area contributed by atoms with Crippen molar-refractivity contribution in [2.45, 2.75) is 26.3 Å². The van der Waals surface area contributed by atoms with Crippen molar-refractivity contribution in [2.75, 3.05) is 5.32 Å². The molecule has 0 spiro atoms. The maximum Gasteiger partial charge on any atom is 0.226 e. The zero-order valence-corrected chi connectivity index (χ0v) is 10.5. The van der Waals surface area contributed by atoms with E-state index in [4.69, 9.17) is 0 Å². The highest BCUT2D eigenvalue weighted by molar-refractivity contribution is 5.90. The summed E-state index contributed by atoms with van der Waals surface area (Å²) in [7, 11) is 0. The van der Waals surface area contributed by atoms with Gasteiger partial charge in [0.2, 0.25) is 5.91 Å². The fourth-order valence-electron chi connectivity index (χ4n) is 1.70. The van der Waals surface area contributed by atoms with Gasteiger partial charge < -0.3 is 5.32 Å². The number of benzene rings is 1. The van der Waals surface area contributed by atoms with E-state index in [-0.39, 0.29) is 5.91 Å². The molecular weight excluding hydrogens is 226 g/mol. The summed E-state index contributed by atoms with van der Waals surface area (Å²) in [6.07, 6.45) is 5.00. The van der Waals surface area contributed by atoms with Gasteiger partial charge >= 0.3 is 0 Å². The largest absolute Gasteiger partial charge is 0.326 e. The van der Waals surface area contributed by atoms with Crippen molar-refractivity contribution < 1.29 is 4.79 Å². The van der Waals surface area contributed by atoms with Crippen molar-refractivity contribution in [3.63, 3.8) is 0 Å². The molecule has 0 aliphatic heterocycles. The van der Waals surface area contributed by atoms with Gasteiger partial charge in [-0.05, 0) is 30.2 Å². The van der Waals surface area contributed by atoms with Crippen LogP contribution in [0.2, 0.25) is 0 Å². The predicted molar refractivity (Wildman–Crippen MR) is 71.3 cm³/mol. The van der Waals surface area contributed by atoms with Crippen molar-refractivity contribution in [3.8, 4) is 0 Å². The standard InChI is InChI=1S/C14H17N3O/c1-2-12-4-6-13(7-5-12)16-14(18)8-11-17-10-3-9-15-17/h3-7,9-10H,2,8,11H2,1H3,(H,16,18). The van der Waals surface area contributed by atoms with E-state index in [1.165, 1.54) is 5.56 Å². The molecule has 0 fully saturated rings. The zero-order valence-electron chi connectivity index (χ0n) is 10.5. The highest BCUT2D eigenvalue weighted by atomic mass is 16.1. The first kappa shape index (κ1) is 12.4. The zero-order chi connectivity index (χ0) is 12.8. The summed E-state index contributed by atoms with van der Waals surface area (Å²) in [5.74, 6) is 0.00903. The average Bonchev–Trinajstić information content (AvgIpc) is 2.90. The second-order valence-electron chi connectivity index (χ2n) is 4.12. The number of aryl methyl sites for hydroxylation is 2. The predicted octanol–water partition coefficient (Wildman–Crippen LogP) is 2.47. The van der Waals surface area contributed by atoms with Crippen LogP contribution in [-0.4, -0.2) is 15.7 Å². The molecule has 1 amide bonds. The third-order valence-corrected chi connectivity index (χ3v) is 2.77. The number of nitrogens with one attached hydrogen (secondary N) is 1. The molecule has 0 atom stereocenters. The van der Waals surface area contributed by atoms with Crippen LogP contribution >= 0.6 is 0 Å². The SMILES string of the molecule is CCc1ccc(NC(=O)CCn2cccn2)cc1. The van der Waals surface area contributed by atoms with Crippen molar-refractivity contribution in [1.82, 2.24) is 9.78 Å². The Bertz CT molecular complexity index is 488. The Labute approximate surface area is 107 Å². The molecule has 4 heteroatoms. The van der Waals surface area contributed by atoms with Crippen LogP contribution in [0.3, 0.4) is 0 Å². The Kier molecular flexibility index (Phi) is 4.12. The number of nitrogens with zero attached hydrogens (tertiary/aromatic N) is 2. The molecular formula is C14H17N3O. The molecule has 1 N–H and O–H groups in total. The number of amides is 1. The number of aromatic nitrogens is 2. The number of carbonyl (C=O) groups excluding carboxylic acids is 1. The number of hydrogen-bond acceptors (Lipinski definition) is 2. The molecule has 0 saturated carbocycles. The number of anilines is 1. The Hall–Kier alpha value is -2.10. The van der Waals surface area contributed by atoms with E-state index in [0.717, 1.165) is 12.1 Å². The van der Waals surface area contributed by atoms with Gasteiger partial charge in [-0.1, -0.05) is 19.1 Å². The van der Waals surface area contributed by atoms with Crippen LogP contribution in [0.5, 0.6) is 0 Å². The third-order valence-electron chi connectivity index (χ3n) is 2.77. The molecule has 0 radical (unpaired) electrons. The minimum atomic E-state index is 0.00903. The van der Waals surface area contributed by atoms with Gasteiger partial charge in [0.15, 0.2) is 0 Å². The van der Waals surface area contributed by atoms with E-state index in [0.29, 0.717) is 13.0 Å². The van der Waals surface area contributed by atoms with E-state index in [2.05, 4.69) is 17.3 Å². The highest BCUT2D eigenvalue weighted by Gasteiger charge is 2.02. The quantitative estimate of drug-likeness (QED) is 0.877. The van der Waals surface area contributed by atoms with Gasteiger partial charge in [0.25, 0.3) is 0 Å². The molecule has 4 nitrogen and oxygen atoms in total. The van der Waals surface area contributed by atoms with Crippen LogP contribution in [0.15, 0.2) is 42.7 Å². The molecule has 0 bridgehead atoms. The Balaban J connectivity index is 1.83. The summed E-state index contributed by atoms with van der Waals surface area (Å²) in [4.78, 5) is 11.7. The Morgan fingerprint density at radius 2 is 2.11 bits per heavy atom. The number of hydrogen-bond donors (Lipinski definition) is 1. The molecule has 1 heterocycles. The summed E-state index contributed by atoms with van der Waals surface area (Å²) < 4.78 is 1.75. The first-order valence-electron chi connectivity index (χ1n) is 6.14. The summed E-state index contributed by atoms with van der Waals surface area (Å²) in [6.45, 7) is 2.71. The van der Waals surface area contributed by atoms with Gasteiger partial charge in [0.1, 0.15) is 0 Å². The monoisotopic (exact) mass is 243 g/mol. The normalized spacial score (nSPS) is 10.3. The third kappa shape index (κ3) is 3.45. The molecule has 0 saturated heterocycles. The summed E-state index contributed by atoms with van der Waals surface area (Å²) in [5.41, 5.74) is 2.11. The summed E-state index contributed by atoms with van der Waals surface area (Å²) in [5, 5.41) is 6.93. The molecule has 1 aromatic heterocycles. The molecule has 2 aromatic rings. The van der Waals surface area contributed by atoms with Gasteiger partial charge in [-0.15, -0.1) is 0 Å². The minimum Gasteiger partial charge on any atom is -0.326 e. The van der Waals surface area contributed by atoms with E-state index in [1.54, 1.807) is 10.9 Å². The Morgan fingerprint density at radius 3 is 2.72 bits per heavy atom. The number of carbonyl (C=O) groups is 1. The first-order chi connectivity index (χ1) is 8.78. The van der Waals surface area contributed by atoms with Gasteiger partial charge in [-0.25, -0.2) is 0 Å². The van der Waals surface area contributed by atoms with Gasteiger partial charge in [-0.2, -0.15) is 5.10 Å². The summed E-state index contributed by atoms with van der Waals surface area (Å²) >= 11 is 0. The number of rotatable bonds is 5. The van der Waals surface area contributed by atoms with Crippen LogP contribution in [0.1, 0.15) is 18.9 Å². The Morgan fingerprint density at radius 1 is 1.33 bits per heavy atom. The van der Waals surface area contributed by atoms with E-state index in [1.807, 2.05) is 36.5 Å². The van der Waals surface area contributed by atoms with Crippen molar-refractivity contribution >= 4 is 11.6 Å². The van der Waals surface area contributed by atoms with Crippen LogP contribution in [0, 0.1) is 0 Å². The van der Waals surface area contributed by atoms with Crippen molar-refractivity contribution in [3.05, 3.63) is 48.3 Å². The fourth-order valence-corrected chi connectivity index (χ4v) is 1.70. The maximum atomic E-state index is 11.7. The first-order valence-corrected chi connectivity index (χ1v) is 6.14. The van der Waals surface area contributed by atoms with Crippen LogP contribution in [-0.2, 0) is 17.8 Å². The van der Waals surface area contributed by atoms with E-state index < -0.39 is 0 Å². The molecule has 0 aliphatic carbocycles. The van der Waals surface area contributed by atoms with Crippen LogP contribution in [0.4, 0.5) is 5.69 Å². The molecule has 18 heavy (non-hydrogen) atoms. The fraction of sp³-hybridized carbons (Fsp3) is 0.286. The molecule has 1 aromatic carbocycles. The smallest absolute Gasteiger partial charge is 0.226 e. The lowest BCUT2D eigenvalue weighted by Gasteiger charge is -2.06. The summed E-state index contributed by atoms with van der Waals surface area (Å²) in [6, 6.07) is 9.78. The maximum absolute atomic E-state index is 11.7. The minimum absolute atomic E-state index is 0.00903. The molecule has 2 rings (SSSR count). The van der Waals surface area contributed by atoms with Crippen molar-refractivity contribution in [1.29, 1.82) is 0 Å². The average molecular weight is 243 g/mol. The molecule has 0 unspecified atom stereocenters. The van der Waals surface area contributed by atoms with Crippen LogP contribution in [0.25, 0.3) is 0 Å². The molecule has 0 aliphatic rings. The second kappa shape index (κ2) is 6.00. The molecule has 94 valence electrons. The lowest BCUT2D eigenvalue weighted by molar-refractivity contribution is -0.116. The van der Waals surface area contributed by atoms with E-state index in [9.17, 15) is 4.79 Å². The van der Waals surface area contributed by atoms with Gasteiger partial charge in [0.05, 0.1) is 0 Å². The van der Waals surface area contributed by atoms with Gasteiger partial charge in [-0.3, -0.25) is 9.48 Å². The highest BCUT2D eigenvalue weighted by Crippen LogP contribution is 2.10. The van der Waals surface area contributed by atoms with E-state index >= 15 is 0 Å². The topological polar surface area (TPSA) is 46.9 Å². The van der Waals surface area contributed by atoms with Gasteiger partial charge in [0, 0.05) is 31.0 Å². The lowest BCUT2D eigenvalue weighted by atomic mass is 10.1. The van der Waals surface area contributed by atoms with Crippen LogP contribution < -0.4 is 5.32 Å². The van der Waals surface area contributed by atoms with Crippen molar-refractivity contribution in [2.24, 2.45) is 0 Å². The second-order valence-corrected chi connectivity index (χ2v) is 4.12. The lowest BCUT2D eigenvalue weighted by Crippen LogP contribution is -2.14.